The molecule has 0 unspecified atom stereocenters. The maximum atomic E-state index is 12.2. The summed E-state index contributed by atoms with van der Waals surface area (Å²) in [5.41, 5.74) is 2.53. The van der Waals surface area contributed by atoms with Crippen LogP contribution in [0.1, 0.15) is 41.6 Å². The minimum Gasteiger partial charge on any atom is -0.483 e. The van der Waals surface area contributed by atoms with E-state index in [-0.39, 0.29) is 17.9 Å². The first-order valence-electron chi connectivity index (χ1n) is 7.92. The van der Waals surface area contributed by atoms with E-state index in [1.165, 1.54) is 18.4 Å². The van der Waals surface area contributed by atoms with Crippen molar-refractivity contribution in [3.8, 4) is 5.75 Å². The Hall–Kier alpha value is -2.34. The number of esters is 1. The van der Waals surface area contributed by atoms with Crippen LogP contribution in [0, 0.1) is 6.92 Å². The first kappa shape index (κ1) is 19.0. The van der Waals surface area contributed by atoms with Crippen LogP contribution in [0.5, 0.6) is 5.75 Å². The second kappa shape index (κ2) is 7.70. The van der Waals surface area contributed by atoms with E-state index < -0.39 is 5.97 Å². The molecule has 0 saturated heterocycles. The van der Waals surface area contributed by atoms with E-state index in [1.807, 2.05) is 19.1 Å². The van der Waals surface area contributed by atoms with Crippen LogP contribution in [0.2, 0.25) is 0 Å². The zero-order valence-electron chi connectivity index (χ0n) is 15.1. The molecular formula is C19H23NO4S. The number of ether oxygens (including phenoxy) is 2. The van der Waals surface area contributed by atoms with Gasteiger partial charge in [-0.1, -0.05) is 38.5 Å². The third-order valence-electron chi connectivity index (χ3n) is 3.61. The number of benzene rings is 1. The Labute approximate surface area is 152 Å². The molecule has 1 amide bonds. The lowest BCUT2D eigenvalue weighted by molar-refractivity contribution is -0.118. The number of nitrogens with one attached hydrogen (secondary N) is 1. The number of hydrogen-bond donors (Lipinski definition) is 1. The van der Waals surface area contributed by atoms with E-state index in [1.54, 1.807) is 11.4 Å². The van der Waals surface area contributed by atoms with Crippen molar-refractivity contribution in [2.24, 2.45) is 0 Å². The van der Waals surface area contributed by atoms with E-state index in [9.17, 15) is 9.59 Å². The minimum atomic E-state index is -0.472. The van der Waals surface area contributed by atoms with Crippen molar-refractivity contribution < 1.29 is 19.1 Å². The highest BCUT2D eigenvalue weighted by molar-refractivity contribution is 7.12. The van der Waals surface area contributed by atoms with Crippen LogP contribution in [0.25, 0.3) is 0 Å². The Balaban J connectivity index is 2.07. The fourth-order valence-corrected chi connectivity index (χ4v) is 3.11. The van der Waals surface area contributed by atoms with Crippen molar-refractivity contribution >= 4 is 28.9 Å². The lowest BCUT2D eigenvalue weighted by Gasteiger charge is -2.23. The summed E-state index contributed by atoms with van der Waals surface area (Å²) < 4.78 is 10.4. The smallest absolute Gasteiger partial charge is 0.350 e. The molecule has 0 atom stereocenters. The highest BCUT2D eigenvalue weighted by Crippen LogP contribution is 2.32. The van der Waals surface area contributed by atoms with Gasteiger partial charge in [0, 0.05) is 0 Å². The molecule has 1 heterocycles. The van der Waals surface area contributed by atoms with Gasteiger partial charge >= 0.3 is 5.97 Å². The average Bonchev–Trinajstić information content (AvgIpc) is 3.00. The summed E-state index contributed by atoms with van der Waals surface area (Å²) >= 11 is 1.22. The number of carbonyl (C=O) groups excluding carboxylic acids is 2. The summed E-state index contributed by atoms with van der Waals surface area (Å²) in [6, 6.07) is 7.58. The maximum Gasteiger partial charge on any atom is 0.350 e. The number of methoxy groups -OCH3 is 1. The van der Waals surface area contributed by atoms with Gasteiger partial charge in [-0.05, 0) is 35.4 Å². The molecule has 5 nitrogen and oxygen atoms in total. The van der Waals surface area contributed by atoms with Crippen molar-refractivity contribution in [1.29, 1.82) is 0 Å². The van der Waals surface area contributed by atoms with Crippen molar-refractivity contribution in [3.05, 3.63) is 45.6 Å². The van der Waals surface area contributed by atoms with Gasteiger partial charge in [0.25, 0.3) is 5.91 Å². The van der Waals surface area contributed by atoms with Crippen LogP contribution < -0.4 is 10.1 Å². The van der Waals surface area contributed by atoms with Gasteiger partial charge in [-0.2, -0.15) is 0 Å². The summed E-state index contributed by atoms with van der Waals surface area (Å²) in [4.78, 5) is 24.2. The molecule has 1 aromatic carbocycles. The Bertz CT molecular complexity index is 774. The fourth-order valence-electron chi connectivity index (χ4n) is 2.34. The molecule has 0 saturated carbocycles. The van der Waals surface area contributed by atoms with Gasteiger partial charge in [0.1, 0.15) is 10.6 Å². The fraction of sp³-hybridized carbons (Fsp3) is 0.368. The van der Waals surface area contributed by atoms with Crippen LogP contribution in [-0.4, -0.2) is 25.6 Å². The van der Waals surface area contributed by atoms with E-state index in [0.717, 1.165) is 11.1 Å². The van der Waals surface area contributed by atoms with Crippen molar-refractivity contribution in [2.75, 3.05) is 19.0 Å². The second-order valence-corrected chi connectivity index (χ2v) is 7.66. The first-order valence-corrected chi connectivity index (χ1v) is 8.80. The molecule has 2 rings (SSSR count). The molecular weight excluding hydrogens is 338 g/mol. The number of anilines is 1. The van der Waals surface area contributed by atoms with Crippen molar-refractivity contribution in [1.82, 2.24) is 0 Å². The van der Waals surface area contributed by atoms with Gasteiger partial charge in [-0.15, -0.1) is 11.3 Å². The quantitative estimate of drug-likeness (QED) is 0.812. The Morgan fingerprint density at radius 3 is 2.56 bits per heavy atom. The summed E-state index contributed by atoms with van der Waals surface area (Å²) in [7, 11) is 1.31. The number of hydrogen-bond acceptors (Lipinski definition) is 5. The molecule has 6 heteroatoms. The SMILES string of the molecule is COC(=O)c1sccc1NC(=O)COc1ccc(C)cc1C(C)(C)C. The monoisotopic (exact) mass is 361 g/mol. The van der Waals surface area contributed by atoms with Gasteiger partial charge in [-0.25, -0.2) is 4.79 Å². The highest BCUT2D eigenvalue weighted by Gasteiger charge is 2.20. The van der Waals surface area contributed by atoms with E-state index in [0.29, 0.717) is 16.3 Å². The Morgan fingerprint density at radius 2 is 1.92 bits per heavy atom. The lowest BCUT2D eigenvalue weighted by Crippen LogP contribution is -2.22. The van der Waals surface area contributed by atoms with E-state index in [4.69, 9.17) is 9.47 Å². The van der Waals surface area contributed by atoms with Crippen LogP contribution in [-0.2, 0) is 14.9 Å². The first-order chi connectivity index (χ1) is 11.7. The van der Waals surface area contributed by atoms with Gasteiger partial charge < -0.3 is 14.8 Å². The Morgan fingerprint density at radius 1 is 1.20 bits per heavy atom. The molecule has 1 aromatic heterocycles. The van der Waals surface area contributed by atoms with E-state index in [2.05, 4.69) is 32.2 Å². The average molecular weight is 361 g/mol. The predicted octanol–water partition coefficient (Wildman–Crippen LogP) is 4.16. The van der Waals surface area contributed by atoms with Gasteiger partial charge in [0.15, 0.2) is 6.61 Å². The van der Waals surface area contributed by atoms with Crippen molar-refractivity contribution in [3.63, 3.8) is 0 Å². The van der Waals surface area contributed by atoms with Gasteiger partial charge in [0.2, 0.25) is 0 Å². The number of rotatable bonds is 5. The lowest BCUT2D eigenvalue weighted by atomic mass is 9.85. The van der Waals surface area contributed by atoms with Gasteiger partial charge in [0.05, 0.1) is 12.8 Å². The molecule has 134 valence electrons. The predicted molar refractivity (Wildman–Crippen MR) is 99.7 cm³/mol. The molecule has 0 aliphatic rings. The summed E-state index contributed by atoms with van der Waals surface area (Å²) in [6.45, 7) is 8.19. The molecule has 0 radical (unpaired) electrons. The summed E-state index contributed by atoms with van der Waals surface area (Å²) in [5.74, 6) is -0.115. The Kier molecular flexibility index (Phi) is 5.85. The number of amides is 1. The topological polar surface area (TPSA) is 64.6 Å². The second-order valence-electron chi connectivity index (χ2n) is 6.74. The molecule has 0 aliphatic carbocycles. The molecule has 1 N–H and O–H groups in total. The molecule has 25 heavy (non-hydrogen) atoms. The van der Waals surface area contributed by atoms with Crippen LogP contribution >= 0.6 is 11.3 Å². The molecule has 0 aliphatic heterocycles. The molecule has 0 spiro atoms. The maximum absolute atomic E-state index is 12.2. The van der Waals surface area contributed by atoms with E-state index >= 15 is 0 Å². The highest BCUT2D eigenvalue weighted by atomic mass is 32.1. The largest absolute Gasteiger partial charge is 0.483 e. The zero-order valence-corrected chi connectivity index (χ0v) is 16.0. The van der Waals surface area contributed by atoms with Gasteiger partial charge in [-0.3, -0.25) is 4.79 Å². The summed E-state index contributed by atoms with van der Waals surface area (Å²) in [5, 5.41) is 4.41. The molecule has 0 fully saturated rings. The van der Waals surface area contributed by atoms with Crippen LogP contribution in [0.15, 0.2) is 29.6 Å². The normalized spacial score (nSPS) is 11.1. The standard InChI is InChI=1S/C19H23NO4S/c1-12-6-7-15(13(10-12)19(2,3)4)24-11-16(21)20-14-8-9-25-17(14)18(22)23-5/h6-10H,11H2,1-5H3,(H,20,21). The van der Waals surface area contributed by atoms with Crippen LogP contribution in [0.4, 0.5) is 5.69 Å². The summed E-state index contributed by atoms with van der Waals surface area (Å²) in [6.07, 6.45) is 0. The molecule has 0 bridgehead atoms. The number of aryl methyl sites for hydroxylation is 1. The van der Waals surface area contributed by atoms with Crippen LogP contribution in [0.3, 0.4) is 0 Å². The third kappa shape index (κ3) is 4.82. The number of thiophene rings is 1. The zero-order chi connectivity index (χ0) is 18.6. The van der Waals surface area contributed by atoms with Crippen molar-refractivity contribution in [2.45, 2.75) is 33.1 Å². The number of carbonyl (C=O) groups is 2. The molecule has 2 aromatic rings. The minimum absolute atomic E-state index is 0.0940. The third-order valence-corrected chi connectivity index (χ3v) is 4.51.